The number of benzene rings is 1. The third-order valence-electron chi connectivity index (χ3n) is 5.06. The average Bonchev–Trinajstić information content (AvgIpc) is 3.13. The molecule has 0 spiro atoms. The van der Waals surface area contributed by atoms with Gasteiger partial charge in [-0.1, -0.05) is 18.2 Å². The molecule has 0 fully saturated rings. The second kappa shape index (κ2) is 9.53. The minimum absolute atomic E-state index is 0.00706. The van der Waals surface area contributed by atoms with E-state index in [1.165, 1.54) is 10.9 Å². The molecule has 0 radical (unpaired) electrons. The summed E-state index contributed by atoms with van der Waals surface area (Å²) in [5.41, 5.74) is 4.04. The Bertz CT molecular complexity index is 1070. The summed E-state index contributed by atoms with van der Waals surface area (Å²) in [5, 5.41) is 15.1. The van der Waals surface area contributed by atoms with Gasteiger partial charge in [0.05, 0.1) is 23.9 Å². The molecule has 0 bridgehead atoms. The maximum atomic E-state index is 12.6. The Balaban J connectivity index is 1.81. The predicted molar refractivity (Wildman–Crippen MR) is 122 cm³/mol. The molecular weight excluding hydrogens is 392 g/mol. The largest absolute Gasteiger partial charge is 0.493 e. The lowest BCUT2D eigenvalue weighted by molar-refractivity contribution is 0.0786. The summed E-state index contributed by atoms with van der Waals surface area (Å²) in [4.78, 5) is 24.5. The molecule has 1 amide bonds. The Morgan fingerprint density at radius 3 is 2.52 bits per heavy atom. The Morgan fingerprint density at radius 1 is 1.13 bits per heavy atom. The number of amides is 1. The van der Waals surface area contributed by atoms with Gasteiger partial charge in [-0.15, -0.1) is 0 Å². The van der Waals surface area contributed by atoms with Crippen molar-refractivity contribution in [1.82, 2.24) is 24.6 Å². The molecule has 0 atom stereocenters. The van der Waals surface area contributed by atoms with E-state index in [9.17, 15) is 9.90 Å². The molecule has 1 aromatic carbocycles. The number of hydrogen-bond acceptors (Lipinski definition) is 6. The summed E-state index contributed by atoms with van der Waals surface area (Å²) >= 11 is 0. The molecule has 0 saturated carbocycles. The van der Waals surface area contributed by atoms with E-state index in [0.29, 0.717) is 30.0 Å². The standard InChI is InChI=1S/C23H28N6O2/c1-16-12-17(13-24-2)6-8-19(16)20-15-26-29(23(20)31)21-9-7-18(14-25-21)22(30)28(5)11-10-27(3)4/h6-9,12,14-15,31H,2,10-11,13H2,1,3-5H3. The van der Waals surface area contributed by atoms with E-state index in [2.05, 4.69) is 21.8 Å². The summed E-state index contributed by atoms with van der Waals surface area (Å²) in [6.07, 6.45) is 3.12. The summed E-state index contributed by atoms with van der Waals surface area (Å²) < 4.78 is 1.36. The smallest absolute Gasteiger partial charge is 0.255 e. The van der Waals surface area contributed by atoms with Crippen molar-refractivity contribution in [3.8, 4) is 22.8 Å². The highest BCUT2D eigenvalue weighted by molar-refractivity contribution is 5.93. The van der Waals surface area contributed by atoms with Crippen molar-refractivity contribution in [3.63, 3.8) is 0 Å². The summed E-state index contributed by atoms with van der Waals surface area (Å²) in [7, 11) is 5.70. The van der Waals surface area contributed by atoms with Crippen molar-refractivity contribution < 1.29 is 9.90 Å². The Kier molecular flexibility index (Phi) is 6.81. The average molecular weight is 421 g/mol. The molecule has 0 aliphatic rings. The summed E-state index contributed by atoms with van der Waals surface area (Å²) in [6.45, 7) is 7.45. The van der Waals surface area contributed by atoms with Crippen molar-refractivity contribution in [2.75, 3.05) is 34.2 Å². The molecule has 8 nitrogen and oxygen atoms in total. The van der Waals surface area contributed by atoms with E-state index < -0.39 is 0 Å². The molecular formula is C23H28N6O2. The molecule has 1 N–H and O–H groups in total. The normalized spacial score (nSPS) is 11.0. The number of likely N-dealkylation sites (N-methyl/N-ethyl adjacent to an activating group) is 2. The van der Waals surface area contributed by atoms with Crippen LogP contribution in [0.3, 0.4) is 0 Å². The van der Waals surface area contributed by atoms with Crippen LogP contribution in [0.15, 0.2) is 47.7 Å². The molecule has 3 rings (SSSR count). The highest BCUT2D eigenvalue weighted by Gasteiger charge is 2.17. The van der Waals surface area contributed by atoms with E-state index in [-0.39, 0.29) is 11.8 Å². The van der Waals surface area contributed by atoms with Gasteiger partial charge in [0, 0.05) is 26.3 Å². The topological polar surface area (TPSA) is 86.9 Å². The van der Waals surface area contributed by atoms with Gasteiger partial charge in [0.15, 0.2) is 5.82 Å². The zero-order valence-electron chi connectivity index (χ0n) is 18.4. The van der Waals surface area contributed by atoms with E-state index in [1.807, 2.05) is 44.1 Å². The van der Waals surface area contributed by atoms with Crippen LogP contribution in [0.4, 0.5) is 0 Å². The molecule has 0 aliphatic carbocycles. The van der Waals surface area contributed by atoms with Crippen molar-refractivity contribution in [3.05, 3.63) is 59.4 Å². The summed E-state index contributed by atoms with van der Waals surface area (Å²) in [5.74, 6) is 0.324. The fourth-order valence-electron chi connectivity index (χ4n) is 3.26. The number of aliphatic imine (C=N–C) groups is 1. The highest BCUT2D eigenvalue weighted by atomic mass is 16.3. The van der Waals surface area contributed by atoms with Gasteiger partial charge >= 0.3 is 0 Å². The van der Waals surface area contributed by atoms with Gasteiger partial charge < -0.3 is 14.9 Å². The zero-order chi connectivity index (χ0) is 22.5. The first-order valence-electron chi connectivity index (χ1n) is 9.97. The van der Waals surface area contributed by atoms with Gasteiger partial charge in [-0.05, 0) is 56.6 Å². The lowest BCUT2D eigenvalue weighted by Gasteiger charge is -2.19. The number of aromatic nitrogens is 3. The van der Waals surface area contributed by atoms with Gasteiger partial charge in [0.25, 0.3) is 5.91 Å². The monoisotopic (exact) mass is 420 g/mol. The SMILES string of the molecule is C=NCc1ccc(-c2cnn(-c3ccc(C(=O)N(C)CCN(C)C)cn3)c2O)c(C)c1. The third-order valence-corrected chi connectivity index (χ3v) is 5.06. The Morgan fingerprint density at radius 2 is 1.90 bits per heavy atom. The maximum Gasteiger partial charge on any atom is 0.255 e. The minimum atomic E-state index is -0.101. The molecule has 31 heavy (non-hydrogen) atoms. The second-order valence-corrected chi connectivity index (χ2v) is 7.76. The zero-order valence-corrected chi connectivity index (χ0v) is 18.4. The molecule has 8 heteroatoms. The molecule has 2 heterocycles. The number of hydrogen-bond donors (Lipinski definition) is 1. The summed E-state index contributed by atoms with van der Waals surface area (Å²) in [6, 6.07) is 9.29. The van der Waals surface area contributed by atoms with E-state index in [0.717, 1.165) is 23.2 Å². The van der Waals surface area contributed by atoms with Crippen molar-refractivity contribution >= 4 is 12.6 Å². The number of aromatic hydroxyl groups is 1. The number of carbonyl (C=O) groups is 1. The van der Waals surface area contributed by atoms with Crippen LogP contribution in [0.1, 0.15) is 21.5 Å². The molecule has 0 aliphatic heterocycles. The second-order valence-electron chi connectivity index (χ2n) is 7.76. The number of rotatable bonds is 8. The van der Waals surface area contributed by atoms with E-state index in [1.54, 1.807) is 30.3 Å². The van der Waals surface area contributed by atoms with Gasteiger partial charge in [0.2, 0.25) is 5.88 Å². The third kappa shape index (κ3) is 4.97. The van der Waals surface area contributed by atoms with Crippen molar-refractivity contribution in [1.29, 1.82) is 0 Å². The van der Waals surface area contributed by atoms with Crippen molar-refractivity contribution in [2.24, 2.45) is 4.99 Å². The van der Waals surface area contributed by atoms with Crippen LogP contribution in [0, 0.1) is 6.92 Å². The number of pyridine rings is 1. The fraction of sp³-hybridized carbons (Fsp3) is 0.304. The van der Waals surface area contributed by atoms with Crippen LogP contribution in [0.25, 0.3) is 16.9 Å². The van der Waals surface area contributed by atoms with E-state index >= 15 is 0 Å². The number of nitrogens with zero attached hydrogens (tertiary/aromatic N) is 6. The van der Waals surface area contributed by atoms with Gasteiger partial charge in [-0.3, -0.25) is 9.79 Å². The van der Waals surface area contributed by atoms with Crippen LogP contribution in [0.2, 0.25) is 0 Å². The number of carbonyl (C=O) groups excluding carboxylic acids is 1. The molecule has 162 valence electrons. The minimum Gasteiger partial charge on any atom is -0.493 e. The Labute approximate surface area is 182 Å². The molecule has 2 aromatic heterocycles. The van der Waals surface area contributed by atoms with Crippen LogP contribution in [-0.2, 0) is 6.54 Å². The van der Waals surface area contributed by atoms with E-state index in [4.69, 9.17) is 0 Å². The Hall–Kier alpha value is -3.52. The molecule has 3 aromatic rings. The molecule has 0 saturated heterocycles. The number of aryl methyl sites for hydroxylation is 1. The van der Waals surface area contributed by atoms with Crippen LogP contribution in [0.5, 0.6) is 5.88 Å². The fourth-order valence-corrected chi connectivity index (χ4v) is 3.26. The van der Waals surface area contributed by atoms with Gasteiger partial charge in [0.1, 0.15) is 0 Å². The maximum absolute atomic E-state index is 12.6. The highest BCUT2D eigenvalue weighted by Crippen LogP contribution is 2.33. The lowest BCUT2D eigenvalue weighted by Crippen LogP contribution is -2.33. The van der Waals surface area contributed by atoms with Gasteiger partial charge in [-0.2, -0.15) is 9.78 Å². The predicted octanol–water partition coefficient (Wildman–Crippen LogP) is 2.78. The van der Waals surface area contributed by atoms with Crippen LogP contribution < -0.4 is 0 Å². The van der Waals surface area contributed by atoms with Crippen LogP contribution in [-0.4, -0.2) is 76.5 Å². The first-order valence-corrected chi connectivity index (χ1v) is 9.97. The van der Waals surface area contributed by atoms with Gasteiger partial charge in [-0.25, -0.2) is 4.98 Å². The van der Waals surface area contributed by atoms with Crippen molar-refractivity contribution in [2.45, 2.75) is 13.5 Å². The quantitative estimate of drug-likeness (QED) is 0.566. The first-order chi connectivity index (χ1) is 14.8. The molecule has 0 unspecified atom stereocenters. The first kappa shape index (κ1) is 22.2. The lowest BCUT2D eigenvalue weighted by atomic mass is 10.0. The van der Waals surface area contributed by atoms with Crippen LogP contribution >= 0.6 is 0 Å².